The number of aromatic carboxylic acids is 1. The number of carbonyl (C=O) groups is 1. The minimum Gasteiger partial charge on any atom is -0.508 e. The fraction of sp³-hybridized carbons (Fsp3) is 0.303. The lowest BCUT2D eigenvalue weighted by atomic mass is 9.86. The Morgan fingerprint density at radius 1 is 0.895 bits per heavy atom. The van der Waals surface area contributed by atoms with E-state index in [2.05, 4.69) is 49.9 Å². The fourth-order valence-electron chi connectivity index (χ4n) is 5.51. The van der Waals surface area contributed by atoms with Gasteiger partial charge in [-0.3, -0.25) is 4.90 Å². The molecule has 0 bridgehead atoms. The maximum absolute atomic E-state index is 11.5. The fourth-order valence-corrected chi connectivity index (χ4v) is 5.51. The van der Waals surface area contributed by atoms with E-state index in [0.717, 1.165) is 41.5 Å². The van der Waals surface area contributed by atoms with E-state index in [0.29, 0.717) is 17.2 Å². The van der Waals surface area contributed by atoms with Gasteiger partial charge in [0.05, 0.1) is 0 Å². The Labute approximate surface area is 225 Å². The van der Waals surface area contributed by atoms with Crippen LogP contribution < -0.4 is 0 Å². The van der Waals surface area contributed by atoms with Gasteiger partial charge >= 0.3 is 5.97 Å². The van der Waals surface area contributed by atoms with Crippen molar-refractivity contribution in [3.63, 3.8) is 0 Å². The van der Waals surface area contributed by atoms with Gasteiger partial charge in [0, 0.05) is 29.0 Å². The van der Waals surface area contributed by atoms with Gasteiger partial charge in [-0.15, -0.1) is 0 Å². The normalized spacial score (nSPS) is 13.2. The van der Waals surface area contributed by atoms with Gasteiger partial charge in [0.25, 0.3) is 0 Å². The lowest BCUT2D eigenvalue weighted by molar-refractivity contribution is 0.0694. The number of benzene rings is 4. The number of aromatic hydroxyl groups is 2. The Kier molecular flexibility index (Phi) is 8.38. The lowest BCUT2D eigenvalue weighted by Gasteiger charge is -2.34. The van der Waals surface area contributed by atoms with Gasteiger partial charge < -0.3 is 15.3 Å². The molecule has 4 aromatic rings. The van der Waals surface area contributed by atoms with Crippen LogP contribution in [0.1, 0.15) is 65.7 Å². The average Bonchev–Trinajstić information content (AvgIpc) is 2.89. The molecule has 4 aromatic carbocycles. The molecule has 2 atom stereocenters. The first-order valence-corrected chi connectivity index (χ1v) is 13.2. The van der Waals surface area contributed by atoms with Crippen molar-refractivity contribution in [3.05, 3.63) is 107 Å². The third-order valence-electron chi connectivity index (χ3n) is 7.48. The standard InChI is InChI=1S/C33H37NO4/c1-21(2)34(17-16-27(25-8-6-5-7-9-25)30-18-22(3)10-15-31(30)35)23(4)19-24-11-12-26-13-14-28(33(37)38)32(36)29(26)20-24/h5-15,18,20-21,23,27,35-36H,16-17,19H2,1-4H3,(H,37,38)/t23?,27-/m1/s1. The van der Waals surface area contributed by atoms with Gasteiger partial charge in [-0.1, -0.05) is 66.2 Å². The van der Waals surface area contributed by atoms with Crippen molar-refractivity contribution in [2.75, 3.05) is 6.54 Å². The molecule has 0 aliphatic rings. The van der Waals surface area contributed by atoms with Crippen molar-refractivity contribution in [2.45, 2.75) is 58.5 Å². The highest BCUT2D eigenvalue weighted by molar-refractivity contribution is 6.00. The number of aryl methyl sites for hydroxylation is 1. The van der Waals surface area contributed by atoms with E-state index in [1.54, 1.807) is 12.1 Å². The summed E-state index contributed by atoms with van der Waals surface area (Å²) in [7, 11) is 0. The van der Waals surface area contributed by atoms with E-state index in [1.807, 2.05) is 43.3 Å². The van der Waals surface area contributed by atoms with Crippen molar-refractivity contribution in [1.29, 1.82) is 0 Å². The summed E-state index contributed by atoms with van der Waals surface area (Å²) in [6.45, 7) is 9.49. The summed E-state index contributed by atoms with van der Waals surface area (Å²) in [6, 6.07) is 25.7. The van der Waals surface area contributed by atoms with Gasteiger partial charge in [-0.25, -0.2) is 4.79 Å². The van der Waals surface area contributed by atoms with E-state index >= 15 is 0 Å². The molecule has 3 N–H and O–H groups in total. The van der Waals surface area contributed by atoms with Crippen molar-refractivity contribution in [2.24, 2.45) is 0 Å². The zero-order chi connectivity index (χ0) is 27.4. The van der Waals surface area contributed by atoms with Crippen LogP contribution in [0.3, 0.4) is 0 Å². The Morgan fingerprint density at radius 2 is 1.61 bits per heavy atom. The number of carboxylic acids is 1. The van der Waals surface area contributed by atoms with Crippen molar-refractivity contribution < 1.29 is 20.1 Å². The van der Waals surface area contributed by atoms with Gasteiger partial charge in [0.15, 0.2) is 0 Å². The molecule has 38 heavy (non-hydrogen) atoms. The molecular formula is C33H37NO4. The Hall–Kier alpha value is -3.83. The van der Waals surface area contributed by atoms with E-state index in [4.69, 9.17) is 0 Å². The zero-order valence-corrected chi connectivity index (χ0v) is 22.6. The molecule has 0 heterocycles. The van der Waals surface area contributed by atoms with Gasteiger partial charge in [0.1, 0.15) is 17.1 Å². The minimum absolute atomic E-state index is 0.0663. The molecule has 0 aliphatic carbocycles. The highest BCUT2D eigenvalue weighted by Crippen LogP contribution is 2.35. The highest BCUT2D eigenvalue weighted by Gasteiger charge is 2.23. The van der Waals surface area contributed by atoms with Crippen LogP contribution in [0.4, 0.5) is 0 Å². The molecule has 0 radical (unpaired) electrons. The number of nitrogens with zero attached hydrogens (tertiary/aromatic N) is 1. The molecular weight excluding hydrogens is 474 g/mol. The van der Waals surface area contributed by atoms with Gasteiger partial charge in [-0.05, 0) is 81.8 Å². The van der Waals surface area contributed by atoms with Crippen LogP contribution in [-0.2, 0) is 6.42 Å². The first kappa shape index (κ1) is 27.2. The zero-order valence-electron chi connectivity index (χ0n) is 22.6. The molecule has 0 aliphatic heterocycles. The van der Waals surface area contributed by atoms with E-state index in [1.165, 1.54) is 11.6 Å². The summed E-state index contributed by atoms with van der Waals surface area (Å²) in [6.07, 6.45) is 1.61. The number of fused-ring (bicyclic) bond motifs is 1. The smallest absolute Gasteiger partial charge is 0.339 e. The van der Waals surface area contributed by atoms with Crippen LogP contribution in [0.15, 0.2) is 78.9 Å². The maximum atomic E-state index is 11.5. The first-order valence-electron chi connectivity index (χ1n) is 13.2. The summed E-state index contributed by atoms with van der Waals surface area (Å²) in [4.78, 5) is 14.0. The molecule has 0 spiro atoms. The molecule has 0 aromatic heterocycles. The van der Waals surface area contributed by atoms with Gasteiger partial charge in [-0.2, -0.15) is 0 Å². The molecule has 5 nitrogen and oxygen atoms in total. The van der Waals surface area contributed by atoms with Crippen LogP contribution in [0.5, 0.6) is 11.5 Å². The van der Waals surface area contributed by atoms with Crippen LogP contribution in [0.25, 0.3) is 10.8 Å². The number of carboxylic acid groups (broad SMARTS) is 1. The number of phenolic OH excluding ortho intramolecular Hbond substituents is 1. The van der Waals surface area contributed by atoms with Crippen molar-refractivity contribution >= 4 is 16.7 Å². The van der Waals surface area contributed by atoms with Gasteiger partial charge in [0.2, 0.25) is 0 Å². The van der Waals surface area contributed by atoms with E-state index in [-0.39, 0.29) is 23.3 Å². The summed E-state index contributed by atoms with van der Waals surface area (Å²) < 4.78 is 0. The van der Waals surface area contributed by atoms with E-state index < -0.39 is 5.97 Å². The van der Waals surface area contributed by atoms with Crippen LogP contribution in [0, 0.1) is 6.92 Å². The third kappa shape index (κ3) is 6.00. The maximum Gasteiger partial charge on any atom is 0.339 e. The Balaban J connectivity index is 1.57. The molecule has 0 fully saturated rings. The summed E-state index contributed by atoms with van der Waals surface area (Å²) >= 11 is 0. The number of rotatable bonds is 10. The molecule has 1 unspecified atom stereocenters. The predicted molar refractivity (Wildman–Crippen MR) is 153 cm³/mol. The Morgan fingerprint density at radius 3 is 2.29 bits per heavy atom. The van der Waals surface area contributed by atoms with E-state index in [9.17, 15) is 20.1 Å². The molecule has 198 valence electrons. The third-order valence-corrected chi connectivity index (χ3v) is 7.48. The second kappa shape index (κ2) is 11.7. The number of hydrogen-bond acceptors (Lipinski definition) is 4. The quantitative estimate of drug-likeness (QED) is 0.211. The SMILES string of the molecule is Cc1ccc(O)c([C@H](CCN(C(C)C)C(C)Cc2ccc3ccc(C(=O)O)c(O)c3c2)c2ccccc2)c1. The second-order valence-corrected chi connectivity index (χ2v) is 10.5. The largest absolute Gasteiger partial charge is 0.508 e. The van der Waals surface area contributed by atoms with Crippen LogP contribution in [0.2, 0.25) is 0 Å². The molecule has 0 amide bonds. The number of phenols is 2. The van der Waals surface area contributed by atoms with Crippen LogP contribution in [-0.4, -0.2) is 44.8 Å². The molecule has 5 heteroatoms. The number of hydrogen-bond donors (Lipinski definition) is 3. The first-order chi connectivity index (χ1) is 18.2. The highest BCUT2D eigenvalue weighted by atomic mass is 16.4. The summed E-state index contributed by atoms with van der Waals surface area (Å²) in [5.74, 6) is -0.933. The summed E-state index contributed by atoms with van der Waals surface area (Å²) in [5.41, 5.74) is 4.22. The van der Waals surface area contributed by atoms with Crippen molar-refractivity contribution in [3.8, 4) is 11.5 Å². The lowest BCUT2D eigenvalue weighted by Crippen LogP contribution is -2.41. The molecule has 0 saturated heterocycles. The molecule has 4 rings (SSSR count). The monoisotopic (exact) mass is 511 g/mol. The summed E-state index contributed by atoms with van der Waals surface area (Å²) in [5, 5.41) is 32.1. The molecule has 0 saturated carbocycles. The predicted octanol–water partition coefficient (Wildman–Crippen LogP) is 7.12. The average molecular weight is 512 g/mol. The topological polar surface area (TPSA) is 81.0 Å². The Bertz CT molecular complexity index is 1410. The van der Waals surface area contributed by atoms with Crippen molar-refractivity contribution in [1.82, 2.24) is 4.90 Å². The minimum atomic E-state index is -1.14. The van der Waals surface area contributed by atoms with Crippen LogP contribution >= 0.6 is 0 Å². The second-order valence-electron chi connectivity index (χ2n) is 10.5.